The first kappa shape index (κ1) is 15.8. The maximum absolute atomic E-state index is 13.2. The maximum Gasteiger partial charge on any atom is 0.228 e. The van der Waals surface area contributed by atoms with Crippen LogP contribution in [0.1, 0.15) is 5.82 Å². The lowest BCUT2D eigenvalue weighted by Crippen LogP contribution is -2.01. The number of ether oxygens (including phenoxy) is 2. The van der Waals surface area contributed by atoms with Gasteiger partial charge in [-0.15, -0.1) is 3.89 Å². The lowest BCUT2D eigenvalue weighted by atomic mass is 10.1. The van der Waals surface area contributed by atoms with E-state index in [4.69, 9.17) is 21.1 Å². The Labute approximate surface area is 141 Å². The lowest BCUT2D eigenvalue weighted by molar-refractivity contribution is 0.373. The van der Waals surface area contributed by atoms with Crippen LogP contribution >= 0.6 is 23.9 Å². The second-order valence-corrected chi connectivity index (χ2v) is 5.53. The number of pyridine rings is 1. The average molecular weight is 355 g/mol. The van der Waals surface area contributed by atoms with Crippen LogP contribution in [0.25, 0.3) is 22.2 Å². The van der Waals surface area contributed by atoms with Gasteiger partial charge < -0.3 is 9.47 Å². The summed E-state index contributed by atoms with van der Waals surface area (Å²) in [7, 11) is 3.01. The summed E-state index contributed by atoms with van der Waals surface area (Å²) in [6, 6.07) is 3.39. The van der Waals surface area contributed by atoms with Gasteiger partial charge in [-0.05, 0) is 19.1 Å². The van der Waals surface area contributed by atoms with Crippen LogP contribution in [0, 0.1) is 6.92 Å². The molecule has 0 aliphatic carbocycles. The van der Waals surface area contributed by atoms with Gasteiger partial charge in [-0.3, -0.25) is 0 Å². The smallest absolute Gasteiger partial charge is 0.228 e. The Hall–Kier alpha value is -2.06. The normalized spacial score (nSPS) is 11.0. The second kappa shape index (κ2) is 6.21. The molecule has 3 aromatic rings. The van der Waals surface area contributed by atoms with Crippen molar-refractivity contribution >= 4 is 35.0 Å². The fraction of sp³-hybridized carbons (Fsp3) is 0.214. The summed E-state index contributed by atoms with van der Waals surface area (Å²) in [5.74, 6) is 1.19. The second-order valence-electron chi connectivity index (χ2n) is 4.61. The Kier molecular flexibility index (Phi) is 4.27. The van der Waals surface area contributed by atoms with E-state index in [0.717, 1.165) is 0 Å². The standard InChI is InChI=1S/C14H12ClFN4O2S/c1-7-17-13(21-2)11(14(18-7)22-3)9-6-20(23-16)12-8(9)4-5-10(15)19-12/h4-6H,1-3H3. The molecule has 0 unspecified atom stereocenters. The molecule has 0 fully saturated rings. The zero-order chi connectivity index (χ0) is 16.6. The van der Waals surface area contributed by atoms with Gasteiger partial charge in [-0.1, -0.05) is 11.6 Å². The van der Waals surface area contributed by atoms with Gasteiger partial charge in [0.25, 0.3) is 0 Å². The van der Waals surface area contributed by atoms with Crippen LogP contribution in [0.15, 0.2) is 18.3 Å². The summed E-state index contributed by atoms with van der Waals surface area (Å²) in [5.41, 5.74) is 1.57. The zero-order valence-corrected chi connectivity index (χ0v) is 14.1. The number of hydrogen-bond acceptors (Lipinski definition) is 6. The predicted molar refractivity (Wildman–Crippen MR) is 87.7 cm³/mol. The van der Waals surface area contributed by atoms with E-state index in [-0.39, 0.29) is 17.5 Å². The van der Waals surface area contributed by atoms with E-state index in [1.165, 1.54) is 18.2 Å². The first-order valence-electron chi connectivity index (χ1n) is 6.52. The number of methoxy groups -OCH3 is 2. The Morgan fingerprint density at radius 2 is 1.78 bits per heavy atom. The highest BCUT2D eigenvalue weighted by Crippen LogP contribution is 2.41. The van der Waals surface area contributed by atoms with Crippen LogP contribution in [0.4, 0.5) is 3.89 Å². The molecule has 0 aliphatic heterocycles. The number of aryl methyl sites for hydroxylation is 1. The number of halogens is 2. The Morgan fingerprint density at radius 3 is 2.35 bits per heavy atom. The molecule has 3 aromatic heterocycles. The highest BCUT2D eigenvalue weighted by atomic mass is 35.5. The molecule has 120 valence electrons. The van der Waals surface area contributed by atoms with Crippen molar-refractivity contribution in [1.82, 2.24) is 18.9 Å². The molecule has 0 saturated heterocycles. The minimum atomic E-state index is 0.0256. The first-order chi connectivity index (χ1) is 11.1. The molecular weight excluding hydrogens is 343 g/mol. The molecule has 0 saturated carbocycles. The van der Waals surface area contributed by atoms with E-state index in [1.54, 1.807) is 25.3 Å². The third kappa shape index (κ3) is 2.68. The molecule has 0 aromatic carbocycles. The van der Waals surface area contributed by atoms with Gasteiger partial charge in [0.15, 0.2) is 18.0 Å². The van der Waals surface area contributed by atoms with Crippen molar-refractivity contribution in [3.63, 3.8) is 0 Å². The van der Waals surface area contributed by atoms with E-state index in [2.05, 4.69) is 15.0 Å². The summed E-state index contributed by atoms with van der Waals surface area (Å²) in [5, 5.41) is 0.958. The quantitative estimate of drug-likeness (QED) is 0.663. The number of aromatic nitrogens is 4. The van der Waals surface area contributed by atoms with Crippen molar-refractivity contribution < 1.29 is 13.4 Å². The minimum Gasteiger partial charge on any atom is -0.480 e. The van der Waals surface area contributed by atoms with E-state index in [9.17, 15) is 3.89 Å². The van der Waals surface area contributed by atoms with Gasteiger partial charge in [-0.2, -0.15) is 9.97 Å². The summed E-state index contributed by atoms with van der Waals surface area (Å²) >= 11 is 5.94. The van der Waals surface area contributed by atoms with Crippen molar-refractivity contribution in [2.75, 3.05) is 14.2 Å². The highest BCUT2D eigenvalue weighted by Gasteiger charge is 2.22. The molecule has 0 spiro atoms. The fourth-order valence-corrected chi connectivity index (χ4v) is 2.84. The molecule has 0 amide bonds. The molecule has 3 heterocycles. The van der Waals surface area contributed by atoms with Crippen LogP contribution in [0.3, 0.4) is 0 Å². The average Bonchev–Trinajstić information content (AvgIpc) is 2.91. The van der Waals surface area contributed by atoms with Crippen molar-refractivity contribution in [2.24, 2.45) is 0 Å². The Morgan fingerprint density at radius 1 is 1.13 bits per heavy atom. The zero-order valence-electron chi connectivity index (χ0n) is 12.5. The molecule has 0 aliphatic rings. The van der Waals surface area contributed by atoms with Gasteiger partial charge in [0.05, 0.1) is 14.2 Å². The van der Waals surface area contributed by atoms with E-state index >= 15 is 0 Å². The van der Waals surface area contributed by atoms with Crippen LogP contribution in [0.5, 0.6) is 11.8 Å². The predicted octanol–water partition coefficient (Wildman–Crippen LogP) is 3.85. The van der Waals surface area contributed by atoms with Crippen LogP contribution < -0.4 is 9.47 Å². The van der Waals surface area contributed by atoms with Gasteiger partial charge in [-0.25, -0.2) is 8.96 Å². The SMILES string of the molecule is COc1nc(C)nc(OC)c1-c1cn(SF)c2nc(Cl)ccc12. The molecule has 0 atom stereocenters. The third-order valence-electron chi connectivity index (χ3n) is 3.27. The molecule has 3 rings (SSSR count). The van der Waals surface area contributed by atoms with Crippen molar-refractivity contribution in [1.29, 1.82) is 0 Å². The van der Waals surface area contributed by atoms with E-state index in [0.29, 0.717) is 39.7 Å². The highest BCUT2D eigenvalue weighted by molar-refractivity contribution is 7.92. The largest absolute Gasteiger partial charge is 0.480 e. The first-order valence-corrected chi connectivity index (χ1v) is 7.58. The summed E-state index contributed by atoms with van der Waals surface area (Å²) in [6.45, 7) is 1.73. The van der Waals surface area contributed by atoms with Gasteiger partial charge >= 0.3 is 0 Å². The molecule has 0 bridgehead atoms. The minimum absolute atomic E-state index is 0.0256. The van der Waals surface area contributed by atoms with Crippen LogP contribution in [-0.2, 0) is 0 Å². The number of rotatable bonds is 4. The number of nitrogens with zero attached hydrogens (tertiary/aromatic N) is 4. The van der Waals surface area contributed by atoms with Crippen molar-refractivity contribution in [3.05, 3.63) is 29.3 Å². The summed E-state index contributed by atoms with van der Waals surface area (Å²) in [4.78, 5) is 12.7. The van der Waals surface area contributed by atoms with Crippen LogP contribution in [0.2, 0.25) is 5.15 Å². The Balaban J connectivity index is 2.37. The molecule has 6 nitrogen and oxygen atoms in total. The summed E-state index contributed by atoms with van der Waals surface area (Å²) in [6.07, 6.45) is 1.58. The van der Waals surface area contributed by atoms with Gasteiger partial charge in [0.1, 0.15) is 16.5 Å². The van der Waals surface area contributed by atoms with Gasteiger partial charge in [0, 0.05) is 17.1 Å². The Bertz CT molecular complexity index is 862. The lowest BCUT2D eigenvalue weighted by Gasteiger charge is -2.11. The maximum atomic E-state index is 13.2. The number of fused-ring (bicyclic) bond motifs is 1. The third-order valence-corrected chi connectivity index (χ3v) is 3.91. The topological polar surface area (TPSA) is 62.1 Å². The molecule has 9 heteroatoms. The van der Waals surface area contributed by atoms with Crippen molar-refractivity contribution in [3.8, 4) is 22.9 Å². The molecule has 23 heavy (non-hydrogen) atoms. The van der Waals surface area contributed by atoms with E-state index < -0.39 is 0 Å². The molecule has 0 N–H and O–H groups in total. The van der Waals surface area contributed by atoms with Crippen molar-refractivity contribution in [2.45, 2.75) is 6.92 Å². The fourth-order valence-electron chi connectivity index (χ4n) is 2.35. The van der Waals surface area contributed by atoms with Crippen LogP contribution in [-0.4, -0.2) is 33.1 Å². The van der Waals surface area contributed by atoms with Gasteiger partial charge in [0.2, 0.25) is 11.8 Å². The summed E-state index contributed by atoms with van der Waals surface area (Å²) < 4.78 is 25.2. The van der Waals surface area contributed by atoms with E-state index in [1.807, 2.05) is 0 Å². The monoisotopic (exact) mass is 354 g/mol. The molecular formula is C14H12ClFN4O2S. The molecule has 0 radical (unpaired) electrons. The number of hydrogen-bond donors (Lipinski definition) is 0.